The Morgan fingerprint density at radius 2 is 1.76 bits per heavy atom. The van der Waals surface area contributed by atoms with E-state index in [0.29, 0.717) is 6.61 Å². The molecule has 0 heterocycles. The zero-order chi connectivity index (χ0) is 20.6. The van der Waals surface area contributed by atoms with Gasteiger partial charge in [0.05, 0.1) is 6.61 Å². The zero-order valence-electron chi connectivity index (χ0n) is 16.5. The molecule has 3 N–H and O–H groups in total. The highest BCUT2D eigenvalue weighted by molar-refractivity contribution is 5.92. The Morgan fingerprint density at radius 1 is 1.00 bits per heavy atom. The number of hydrogen-bond acceptors (Lipinski definition) is 3. The van der Waals surface area contributed by atoms with Crippen molar-refractivity contribution in [2.45, 2.75) is 19.8 Å². The van der Waals surface area contributed by atoms with Crippen LogP contribution in [-0.4, -0.2) is 17.6 Å². The third-order valence-electron chi connectivity index (χ3n) is 4.57. The molecule has 0 bridgehead atoms. The number of ether oxygens (including phenoxy) is 1. The average Bonchev–Trinajstić information content (AvgIpc) is 2.72. The van der Waals surface area contributed by atoms with Crippen molar-refractivity contribution < 1.29 is 14.6 Å². The first-order chi connectivity index (χ1) is 14.1. The Morgan fingerprint density at radius 3 is 2.52 bits per heavy atom. The van der Waals surface area contributed by atoms with E-state index < -0.39 is 5.91 Å². The summed E-state index contributed by atoms with van der Waals surface area (Å²) in [6.45, 7) is 2.82. The van der Waals surface area contributed by atoms with Gasteiger partial charge in [0.1, 0.15) is 11.5 Å². The van der Waals surface area contributed by atoms with Crippen molar-refractivity contribution in [1.29, 1.82) is 0 Å². The molecule has 0 fully saturated rings. The van der Waals surface area contributed by atoms with Crippen LogP contribution in [0.1, 0.15) is 25.3 Å². The van der Waals surface area contributed by atoms with Gasteiger partial charge in [0.2, 0.25) is 5.91 Å². The molecule has 0 unspecified atom stereocenters. The number of benzene rings is 3. The molecule has 4 heteroatoms. The molecular weight excluding hydrogens is 362 g/mol. The molecule has 0 aromatic heterocycles. The molecule has 3 aromatic carbocycles. The van der Waals surface area contributed by atoms with Crippen molar-refractivity contribution >= 4 is 12.0 Å². The van der Waals surface area contributed by atoms with Crippen molar-refractivity contribution in [3.8, 4) is 33.8 Å². The van der Waals surface area contributed by atoms with Crippen LogP contribution in [0.15, 0.2) is 72.8 Å². The van der Waals surface area contributed by atoms with Crippen LogP contribution in [0.25, 0.3) is 28.3 Å². The number of carbonyl (C=O) groups is 1. The van der Waals surface area contributed by atoms with Gasteiger partial charge in [0.25, 0.3) is 0 Å². The maximum Gasteiger partial charge on any atom is 0.241 e. The van der Waals surface area contributed by atoms with Gasteiger partial charge in [-0.05, 0) is 70.6 Å². The summed E-state index contributed by atoms with van der Waals surface area (Å²) in [4.78, 5) is 11.3. The number of aromatic hydroxyl groups is 1. The molecule has 0 aliphatic carbocycles. The maximum atomic E-state index is 11.3. The molecule has 3 rings (SSSR count). The Balaban J connectivity index is 2.01. The molecule has 0 aliphatic rings. The Labute approximate surface area is 171 Å². The number of rotatable bonds is 8. The van der Waals surface area contributed by atoms with Crippen LogP contribution in [0.2, 0.25) is 0 Å². The van der Waals surface area contributed by atoms with Gasteiger partial charge in [-0.3, -0.25) is 4.79 Å². The molecule has 0 aliphatic heterocycles. The van der Waals surface area contributed by atoms with E-state index >= 15 is 0 Å². The second-order valence-electron chi connectivity index (χ2n) is 6.82. The summed E-state index contributed by atoms with van der Waals surface area (Å²) in [5.41, 5.74) is 9.95. The van der Waals surface area contributed by atoms with Gasteiger partial charge in [-0.2, -0.15) is 0 Å². The molecule has 3 aromatic rings. The van der Waals surface area contributed by atoms with E-state index in [1.165, 1.54) is 6.08 Å². The van der Waals surface area contributed by atoms with Gasteiger partial charge in [-0.15, -0.1) is 0 Å². The van der Waals surface area contributed by atoms with Crippen molar-refractivity contribution in [3.63, 3.8) is 0 Å². The number of unbranched alkanes of at least 4 members (excludes halogenated alkanes) is 1. The maximum absolute atomic E-state index is 11.3. The van der Waals surface area contributed by atoms with E-state index in [0.717, 1.165) is 46.4 Å². The smallest absolute Gasteiger partial charge is 0.241 e. The minimum Gasteiger partial charge on any atom is -0.508 e. The van der Waals surface area contributed by atoms with E-state index in [1.54, 1.807) is 24.3 Å². The molecule has 0 spiro atoms. The molecule has 29 heavy (non-hydrogen) atoms. The molecule has 0 radical (unpaired) electrons. The number of phenolic OH excluding ortho intramolecular Hbond substituents is 1. The van der Waals surface area contributed by atoms with Crippen LogP contribution in [0.5, 0.6) is 11.5 Å². The highest BCUT2D eigenvalue weighted by Crippen LogP contribution is 2.32. The standard InChI is InChI=1S/C25H25NO3/c1-2-3-14-29-23-9-5-7-20(17-23)24-12-10-19(15-21(24)11-13-25(26)28)18-6-4-8-22(27)16-18/h4-13,15-17,27H,2-3,14H2,1H3,(H2,26,28)/b13-11+. The number of nitrogens with two attached hydrogens (primary N) is 1. The fourth-order valence-electron chi connectivity index (χ4n) is 3.09. The predicted octanol–water partition coefficient (Wildman–Crippen LogP) is 5.40. The summed E-state index contributed by atoms with van der Waals surface area (Å²) >= 11 is 0. The second-order valence-corrected chi connectivity index (χ2v) is 6.82. The Kier molecular flexibility index (Phi) is 6.69. The SMILES string of the molecule is CCCCOc1cccc(-c2ccc(-c3cccc(O)c3)cc2/C=C/C(N)=O)c1. The monoisotopic (exact) mass is 387 g/mol. The van der Waals surface area contributed by atoms with Crippen LogP contribution in [0.3, 0.4) is 0 Å². The van der Waals surface area contributed by atoms with Crippen molar-refractivity contribution in [2.24, 2.45) is 5.73 Å². The van der Waals surface area contributed by atoms with Gasteiger partial charge in [0, 0.05) is 6.08 Å². The summed E-state index contributed by atoms with van der Waals surface area (Å²) in [6, 6.07) is 21.0. The first kappa shape index (κ1) is 20.2. The van der Waals surface area contributed by atoms with Gasteiger partial charge in [0.15, 0.2) is 0 Å². The zero-order valence-corrected chi connectivity index (χ0v) is 16.5. The summed E-state index contributed by atoms with van der Waals surface area (Å²) in [5, 5.41) is 9.78. The quantitative estimate of drug-likeness (QED) is 0.401. The molecule has 0 atom stereocenters. The fourth-order valence-corrected chi connectivity index (χ4v) is 3.09. The number of carbonyl (C=O) groups excluding carboxylic acids is 1. The van der Waals surface area contributed by atoms with E-state index in [9.17, 15) is 9.90 Å². The van der Waals surface area contributed by atoms with Crippen molar-refractivity contribution in [2.75, 3.05) is 6.61 Å². The summed E-state index contributed by atoms with van der Waals surface area (Å²) in [7, 11) is 0. The highest BCUT2D eigenvalue weighted by atomic mass is 16.5. The molecule has 4 nitrogen and oxygen atoms in total. The normalized spacial score (nSPS) is 10.9. The topological polar surface area (TPSA) is 72.6 Å². The number of primary amides is 1. The minimum atomic E-state index is -0.504. The van der Waals surface area contributed by atoms with E-state index in [4.69, 9.17) is 10.5 Å². The number of amides is 1. The summed E-state index contributed by atoms with van der Waals surface area (Å²) < 4.78 is 5.83. The third-order valence-corrected chi connectivity index (χ3v) is 4.57. The fraction of sp³-hybridized carbons (Fsp3) is 0.160. The van der Waals surface area contributed by atoms with E-state index in [2.05, 4.69) is 6.92 Å². The largest absolute Gasteiger partial charge is 0.508 e. The summed E-state index contributed by atoms with van der Waals surface area (Å²) in [6.07, 6.45) is 5.16. The van der Waals surface area contributed by atoms with Gasteiger partial charge < -0.3 is 15.6 Å². The molecule has 1 amide bonds. The van der Waals surface area contributed by atoms with E-state index in [-0.39, 0.29) is 5.75 Å². The third kappa shape index (κ3) is 5.48. The van der Waals surface area contributed by atoms with Crippen LogP contribution >= 0.6 is 0 Å². The van der Waals surface area contributed by atoms with Crippen molar-refractivity contribution in [3.05, 3.63) is 78.4 Å². The lowest BCUT2D eigenvalue weighted by molar-refractivity contribution is -0.113. The summed E-state index contributed by atoms with van der Waals surface area (Å²) in [5.74, 6) is 0.519. The second kappa shape index (κ2) is 9.60. The Bertz CT molecular complexity index is 1020. The van der Waals surface area contributed by atoms with Crippen LogP contribution in [0, 0.1) is 0 Å². The molecule has 0 saturated carbocycles. The lowest BCUT2D eigenvalue weighted by atomic mass is 9.94. The highest BCUT2D eigenvalue weighted by Gasteiger charge is 2.08. The van der Waals surface area contributed by atoms with Gasteiger partial charge >= 0.3 is 0 Å². The Hall–Kier alpha value is -3.53. The first-order valence-electron chi connectivity index (χ1n) is 9.71. The number of phenols is 1. The van der Waals surface area contributed by atoms with Crippen LogP contribution in [0.4, 0.5) is 0 Å². The van der Waals surface area contributed by atoms with Crippen LogP contribution in [-0.2, 0) is 4.79 Å². The van der Waals surface area contributed by atoms with Crippen LogP contribution < -0.4 is 10.5 Å². The van der Waals surface area contributed by atoms with Gasteiger partial charge in [-0.25, -0.2) is 0 Å². The first-order valence-corrected chi connectivity index (χ1v) is 9.71. The number of hydrogen-bond donors (Lipinski definition) is 2. The lowest BCUT2D eigenvalue weighted by Gasteiger charge is -2.12. The van der Waals surface area contributed by atoms with E-state index in [1.807, 2.05) is 48.5 Å². The lowest BCUT2D eigenvalue weighted by Crippen LogP contribution is -2.05. The molecular formula is C25H25NO3. The van der Waals surface area contributed by atoms with Crippen molar-refractivity contribution in [1.82, 2.24) is 0 Å². The average molecular weight is 387 g/mol. The predicted molar refractivity (Wildman–Crippen MR) is 118 cm³/mol. The van der Waals surface area contributed by atoms with Gasteiger partial charge in [-0.1, -0.05) is 49.7 Å². The molecule has 148 valence electrons. The molecule has 0 saturated heterocycles. The minimum absolute atomic E-state index is 0.206.